The van der Waals surface area contributed by atoms with Crippen LogP contribution in [0.25, 0.3) is 0 Å². The Bertz CT molecular complexity index is 522. The molecule has 0 saturated heterocycles. The summed E-state index contributed by atoms with van der Waals surface area (Å²) >= 11 is 0. The number of carbonyl (C=O) groups is 1. The Morgan fingerprint density at radius 1 is 1.44 bits per heavy atom. The summed E-state index contributed by atoms with van der Waals surface area (Å²) in [7, 11) is 1.77. The SMILES string of the molecule is Cn1cnc(CNC(=O)C(N)c2ccccc2)n1. The number of aryl methyl sites for hydroxylation is 1. The van der Waals surface area contributed by atoms with E-state index in [0.29, 0.717) is 5.82 Å². The average molecular weight is 245 g/mol. The summed E-state index contributed by atoms with van der Waals surface area (Å²) in [6, 6.07) is 8.55. The van der Waals surface area contributed by atoms with Gasteiger partial charge >= 0.3 is 0 Å². The van der Waals surface area contributed by atoms with Gasteiger partial charge in [0.05, 0.1) is 6.54 Å². The second-order valence-corrected chi connectivity index (χ2v) is 3.94. The fourth-order valence-electron chi connectivity index (χ4n) is 1.55. The van der Waals surface area contributed by atoms with E-state index >= 15 is 0 Å². The van der Waals surface area contributed by atoms with Crippen molar-refractivity contribution in [2.24, 2.45) is 12.8 Å². The van der Waals surface area contributed by atoms with Crippen LogP contribution in [0.5, 0.6) is 0 Å². The van der Waals surface area contributed by atoms with Gasteiger partial charge in [0.25, 0.3) is 0 Å². The third-order valence-corrected chi connectivity index (χ3v) is 2.51. The maximum atomic E-state index is 11.8. The van der Waals surface area contributed by atoms with Crippen LogP contribution in [0.3, 0.4) is 0 Å². The number of nitrogens with one attached hydrogen (secondary N) is 1. The van der Waals surface area contributed by atoms with Gasteiger partial charge in [-0.2, -0.15) is 5.10 Å². The van der Waals surface area contributed by atoms with Gasteiger partial charge in [-0.15, -0.1) is 0 Å². The van der Waals surface area contributed by atoms with Crippen LogP contribution in [0.15, 0.2) is 36.7 Å². The molecule has 0 bridgehead atoms. The number of rotatable bonds is 4. The fraction of sp³-hybridized carbons (Fsp3) is 0.250. The molecule has 18 heavy (non-hydrogen) atoms. The van der Waals surface area contributed by atoms with Gasteiger partial charge in [-0.3, -0.25) is 9.48 Å². The molecule has 0 spiro atoms. The molecule has 1 amide bonds. The van der Waals surface area contributed by atoms with Crippen molar-refractivity contribution < 1.29 is 4.79 Å². The highest BCUT2D eigenvalue weighted by Gasteiger charge is 2.15. The highest BCUT2D eigenvalue weighted by molar-refractivity contribution is 5.82. The Morgan fingerprint density at radius 3 is 2.78 bits per heavy atom. The second-order valence-electron chi connectivity index (χ2n) is 3.94. The van der Waals surface area contributed by atoms with E-state index in [2.05, 4.69) is 15.4 Å². The minimum atomic E-state index is -0.671. The number of hydrogen-bond acceptors (Lipinski definition) is 4. The number of nitrogens with zero attached hydrogens (tertiary/aromatic N) is 3. The average Bonchev–Trinajstić information content (AvgIpc) is 2.82. The summed E-state index contributed by atoms with van der Waals surface area (Å²) < 4.78 is 1.58. The summed E-state index contributed by atoms with van der Waals surface area (Å²) in [5, 5.41) is 6.77. The minimum Gasteiger partial charge on any atom is -0.347 e. The van der Waals surface area contributed by atoms with Crippen molar-refractivity contribution in [3.05, 3.63) is 48.0 Å². The van der Waals surface area contributed by atoms with Gasteiger partial charge in [-0.1, -0.05) is 30.3 Å². The summed E-state index contributed by atoms with van der Waals surface area (Å²) in [6.45, 7) is 0.278. The number of hydrogen-bond donors (Lipinski definition) is 2. The largest absolute Gasteiger partial charge is 0.347 e. The van der Waals surface area contributed by atoms with Gasteiger partial charge in [-0.05, 0) is 5.56 Å². The number of nitrogens with two attached hydrogens (primary N) is 1. The summed E-state index contributed by atoms with van der Waals surface area (Å²) in [5.74, 6) is 0.319. The molecule has 1 unspecified atom stereocenters. The standard InChI is InChI=1S/C12H15N5O/c1-17-8-15-10(16-17)7-14-12(18)11(13)9-5-3-2-4-6-9/h2-6,8,11H,7,13H2,1H3,(H,14,18). The van der Waals surface area contributed by atoms with Gasteiger partial charge in [-0.25, -0.2) is 4.98 Å². The van der Waals surface area contributed by atoms with E-state index in [1.807, 2.05) is 30.3 Å². The molecule has 2 aromatic rings. The van der Waals surface area contributed by atoms with Gasteiger partial charge in [0, 0.05) is 7.05 Å². The monoisotopic (exact) mass is 245 g/mol. The molecule has 94 valence electrons. The normalized spacial score (nSPS) is 12.1. The first-order valence-electron chi connectivity index (χ1n) is 5.59. The lowest BCUT2D eigenvalue weighted by atomic mass is 10.1. The Balaban J connectivity index is 1.92. The van der Waals surface area contributed by atoms with Crippen LogP contribution in [0.1, 0.15) is 17.4 Å². The van der Waals surface area contributed by atoms with E-state index in [1.54, 1.807) is 18.1 Å². The molecule has 0 fully saturated rings. The molecule has 0 aliphatic rings. The molecule has 6 heteroatoms. The predicted octanol–water partition coefficient (Wildman–Crippen LogP) is 0.131. The number of amides is 1. The zero-order valence-corrected chi connectivity index (χ0v) is 10.1. The molecule has 1 aromatic carbocycles. The first-order chi connectivity index (χ1) is 8.66. The Hall–Kier alpha value is -2.21. The van der Waals surface area contributed by atoms with Crippen LogP contribution >= 0.6 is 0 Å². The quantitative estimate of drug-likeness (QED) is 0.801. The first kappa shape index (κ1) is 12.3. The van der Waals surface area contributed by atoms with Crippen LogP contribution < -0.4 is 11.1 Å². The summed E-state index contributed by atoms with van der Waals surface area (Å²) in [5.41, 5.74) is 6.63. The maximum absolute atomic E-state index is 11.8. The minimum absolute atomic E-state index is 0.242. The lowest BCUT2D eigenvalue weighted by Gasteiger charge is -2.11. The number of benzene rings is 1. The van der Waals surface area contributed by atoms with Crippen LogP contribution in [-0.2, 0) is 18.4 Å². The van der Waals surface area contributed by atoms with Crippen molar-refractivity contribution in [2.45, 2.75) is 12.6 Å². The summed E-state index contributed by atoms with van der Waals surface area (Å²) in [4.78, 5) is 15.8. The zero-order chi connectivity index (χ0) is 13.0. The van der Waals surface area contributed by atoms with Crippen molar-refractivity contribution in [3.8, 4) is 0 Å². The maximum Gasteiger partial charge on any atom is 0.241 e. The molecular formula is C12H15N5O. The summed E-state index contributed by atoms with van der Waals surface area (Å²) in [6.07, 6.45) is 1.58. The Morgan fingerprint density at radius 2 is 2.17 bits per heavy atom. The second kappa shape index (κ2) is 5.42. The van der Waals surface area contributed by atoms with E-state index in [9.17, 15) is 4.79 Å². The highest BCUT2D eigenvalue weighted by Crippen LogP contribution is 2.09. The molecule has 0 radical (unpaired) electrons. The van der Waals surface area contributed by atoms with Crippen LogP contribution in [0, 0.1) is 0 Å². The zero-order valence-electron chi connectivity index (χ0n) is 10.1. The van der Waals surface area contributed by atoms with Crippen LogP contribution in [0.4, 0.5) is 0 Å². The molecular weight excluding hydrogens is 230 g/mol. The predicted molar refractivity (Wildman–Crippen MR) is 66.2 cm³/mol. The van der Waals surface area contributed by atoms with Gasteiger partial charge in [0.2, 0.25) is 5.91 Å². The third kappa shape index (κ3) is 2.92. The smallest absolute Gasteiger partial charge is 0.241 e. The van der Waals surface area contributed by atoms with Crippen molar-refractivity contribution in [1.29, 1.82) is 0 Å². The lowest BCUT2D eigenvalue weighted by molar-refractivity contribution is -0.122. The molecule has 6 nitrogen and oxygen atoms in total. The molecule has 1 heterocycles. The molecule has 3 N–H and O–H groups in total. The van der Waals surface area contributed by atoms with Gasteiger partial charge < -0.3 is 11.1 Å². The fourth-order valence-corrected chi connectivity index (χ4v) is 1.55. The van der Waals surface area contributed by atoms with Crippen LogP contribution in [0.2, 0.25) is 0 Å². The molecule has 0 saturated carbocycles. The molecule has 0 aliphatic heterocycles. The van der Waals surface area contributed by atoms with E-state index in [0.717, 1.165) is 5.56 Å². The van der Waals surface area contributed by atoms with Crippen molar-refractivity contribution in [1.82, 2.24) is 20.1 Å². The van der Waals surface area contributed by atoms with E-state index < -0.39 is 6.04 Å². The van der Waals surface area contributed by atoms with E-state index in [1.165, 1.54) is 0 Å². The van der Waals surface area contributed by atoms with Crippen molar-refractivity contribution in [3.63, 3.8) is 0 Å². The topological polar surface area (TPSA) is 85.8 Å². The number of aromatic nitrogens is 3. The van der Waals surface area contributed by atoms with E-state index in [-0.39, 0.29) is 12.5 Å². The molecule has 2 rings (SSSR count). The van der Waals surface area contributed by atoms with Crippen LogP contribution in [-0.4, -0.2) is 20.7 Å². The number of carbonyl (C=O) groups excluding carboxylic acids is 1. The first-order valence-corrected chi connectivity index (χ1v) is 5.59. The highest BCUT2D eigenvalue weighted by atomic mass is 16.2. The molecule has 0 aliphatic carbocycles. The molecule has 1 atom stereocenters. The van der Waals surface area contributed by atoms with Crippen molar-refractivity contribution >= 4 is 5.91 Å². The third-order valence-electron chi connectivity index (χ3n) is 2.51. The van der Waals surface area contributed by atoms with E-state index in [4.69, 9.17) is 5.73 Å². The molecule has 1 aromatic heterocycles. The lowest BCUT2D eigenvalue weighted by Crippen LogP contribution is -2.33. The van der Waals surface area contributed by atoms with Gasteiger partial charge in [0.1, 0.15) is 12.4 Å². The Labute approximate surface area is 105 Å². The van der Waals surface area contributed by atoms with Gasteiger partial charge in [0.15, 0.2) is 5.82 Å². The van der Waals surface area contributed by atoms with Crippen molar-refractivity contribution in [2.75, 3.05) is 0 Å². The Kier molecular flexibility index (Phi) is 3.69.